The topological polar surface area (TPSA) is 283 Å². The smallest absolute Gasteiger partial charge is 0.352 e. The molecular formula is C61H69N13O16. The van der Waals surface area contributed by atoms with E-state index in [0.717, 1.165) is 29.4 Å². The second kappa shape index (κ2) is 31.0. The van der Waals surface area contributed by atoms with Crippen LogP contribution in [0.25, 0.3) is 5.69 Å². The monoisotopic (exact) mass is 1240 g/mol. The van der Waals surface area contributed by atoms with Crippen molar-refractivity contribution in [1.29, 1.82) is 0 Å². The summed E-state index contributed by atoms with van der Waals surface area (Å²) in [5, 5.41) is 12.5. The van der Waals surface area contributed by atoms with Crippen LogP contribution in [0.4, 0.5) is 30.6 Å². The maximum absolute atomic E-state index is 13.0. The van der Waals surface area contributed by atoms with Crippen LogP contribution in [-0.2, 0) is 67.0 Å². The lowest BCUT2D eigenvalue weighted by atomic mass is 10.3. The Kier molecular flexibility index (Phi) is 22.0. The lowest BCUT2D eigenvalue weighted by molar-refractivity contribution is -0.235. The molecule has 0 spiro atoms. The molecule has 4 saturated heterocycles. The number of aromatic nitrogens is 6. The first-order valence-corrected chi connectivity index (χ1v) is 29.0. The van der Waals surface area contributed by atoms with Crippen LogP contribution >= 0.6 is 0 Å². The third-order valence-electron chi connectivity index (χ3n) is 14.3. The fraction of sp³-hybridized carbons (Fsp3) is 0.377. The molecule has 8 aliphatic heterocycles. The highest BCUT2D eigenvalue weighted by molar-refractivity contribution is 6.17. The number of anilines is 2. The van der Waals surface area contributed by atoms with Crippen LogP contribution < -0.4 is 21.2 Å². The molecule has 8 aliphatic rings. The second-order valence-electron chi connectivity index (χ2n) is 20.6. The molecule has 7 aromatic rings. The zero-order valence-electron chi connectivity index (χ0n) is 49.7. The fourth-order valence-corrected chi connectivity index (χ4v) is 10.3. The first-order valence-electron chi connectivity index (χ1n) is 29.0. The van der Waals surface area contributed by atoms with Crippen LogP contribution in [0, 0.1) is 0 Å². The van der Waals surface area contributed by atoms with E-state index in [-0.39, 0.29) is 60.7 Å². The Balaban J connectivity index is 0.000000123. The van der Waals surface area contributed by atoms with Crippen molar-refractivity contribution < 1.29 is 66.5 Å². The van der Waals surface area contributed by atoms with Gasteiger partial charge < -0.3 is 61.1 Å². The van der Waals surface area contributed by atoms with Crippen molar-refractivity contribution in [2.45, 2.75) is 103 Å². The van der Waals surface area contributed by atoms with Crippen molar-refractivity contribution in [3.63, 3.8) is 0 Å². The van der Waals surface area contributed by atoms with E-state index < -0.39 is 37.1 Å². The highest BCUT2D eigenvalue weighted by atomic mass is 16.9. The number of benzene rings is 3. The van der Waals surface area contributed by atoms with Gasteiger partial charge in [0.05, 0.1) is 69.2 Å². The van der Waals surface area contributed by atoms with Crippen molar-refractivity contribution in [1.82, 2.24) is 32.5 Å². The molecule has 0 N–H and O–H groups in total. The summed E-state index contributed by atoms with van der Waals surface area (Å²) in [4.78, 5) is 73.9. The van der Waals surface area contributed by atoms with Crippen LogP contribution in [-0.4, -0.2) is 153 Å². The standard InChI is InChI=1S/C18H20N4O5.C9H13NO3.2C9H13NO2.2C8H5N3O2/c1-2-25-18-26-11-13(27-18)10-19-14-8-9-15(19)22-17(24)20(16(23)21(14)22)12-6-4-3-5-7-12;1-11-9-12-7-8(13-9)6-10-4-2-3-5-10;2*1-8-11-7-9(12-8)6-10-4-2-3-5-10;2*12-7-9-10-8(13)11(7)6-4-2-1-3-5-6/h3-9,13-15,18H,2,10-11H2,1H3;2-5,8-9H,6-7H2,1H3;2*2-5,8-9H,6-7H2,1H3;2*1-5H. The predicted molar refractivity (Wildman–Crippen MR) is 319 cm³/mol. The summed E-state index contributed by atoms with van der Waals surface area (Å²) in [7, 11) is 1.57. The van der Waals surface area contributed by atoms with Gasteiger partial charge in [0, 0.05) is 57.4 Å². The molecule has 0 saturated carbocycles. The van der Waals surface area contributed by atoms with Gasteiger partial charge in [-0.25, -0.2) is 52.5 Å². The maximum Gasteiger partial charge on any atom is 0.375 e. The minimum Gasteiger partial charge on any atom is -0.352 e. The Labute approximate surface area is 515 Å². The average Bonchev–Trinajstić information content (AvgIpc) is 1.55. The number of carbonyl (C=O) groups excluding carboxylic acids is 4. The Morgan fingerprint density at radius 2 is 0.778 bits per heavy atom. The van der Waals surface area contributed by atoms with Gasteiger partial charge in [0.2, 0.25) is 0 Å². The normalized spacial score (nSPS) is 25.1. The number of para-hydroxylation sites is 3. The molecule has 15 rings (SSSR count). The van der Waals surface area contributed by atoms with Crippen LogP contribution in [0.15, 0.2) is 207 Å². The number of urea groups is 4. The van der Waals surface area contributed by atoms with Gasteiger partial charge in [-0.05, 0) is 106 Å². The van der Waals surface area contributed by atoms with Crippen LogP contribution in [0.5, 0.6) is 0 Å². The minimum absolute atomic E-state index is 0.0365. The molecule has 10 atom stereocenters. The molecule has 29 nitrogen and oxygen atoms in total. The number of hydrogen-bond acceptors (Lipinski definition) is 17. The summed E-state index contributed by atoms with van der Waals surface area (Å²) in [6.45, 7) is 10.6. The van der Waals surface area contributed by atoms with Gasteiger partial charge in [0.1, 0.15) is 30.6 Å². The lowest BCUT2D eigenvalue weighted by Gasteiger charge is -2.23. The summed E-state index contributed by atoms with van der Waals surface area (Å²) in [5.41, 5.74) is 0.859. The predicted octanol–water partition coefficient (Wildman–Crippen LogP) is 8.15. The molecule has 0 aliphatic carbocycles. The van der Waals surface area contributed by atoms with Crippen molar-refractivity contribution in [3.8, 4) is 5.69 Å². The van der Waals surface area contributed by atoms with E-state index in [9.17, 15) is 28.8 Å². The number of azo groups is 2. The summed E-state index contributed by atoms with van der Waals surface area (Å²) in [6, 6.07) is 35.5. The quantitative estimate of drug-likeness (QED) is 0.0928. The second-order valence-corrected chi connectivity index (χ2v) is 20.6. The molecule has 474 valence electrons. The summed E-state index contributed by atoms with van der Waals surface area (Å²) in [6.07, 6.45) is 15.7. The van der Waals surface area contributed by atoms with E-state index in [2.05, 4.69) is 39.1 Å². The third-order valence-corrected chi connectivity index (χ3v) is 14.3. The largest absolute Gasteiger partial charge is 0.375 e. The number of rotatable bonds is 14. The maximum atomic E-state index is 13.0. The molecule has 8 amide bonds. The van der Waals surface area contributed by atoms with Gasteiger partial charge in [0.15, 0.2) is 12.6 Å². The van der Waals surface area contributed by atoms with Gasteiger partial charge in [-0.1, -0.05) is 75.1 Å². The number of imide groups is 2. The lowest BCUT2D eigenvalue weighted by Crippen LogP contribution is -2.38. The minimum atomic E-state index is -0.648. The number of ether oxygens (including phenoxy) is 10. The Bertz CT molecular complexity index is 3430. The van der Waals surface area contributed by atoms with Crippen molar-refractivity contribution in [2.75, 3.05) is 56.5 Å². The van der Waals surface area contributed by atoms with Gasteiger partial charge in [-0.3, -0.25) is 4.90 Å². The fourth-order valence-electron chi connectivity index (χ4n) is 10.3. The molecule has 2 bridgehead atoms. The molecule has 3 aromatic carbocycles. The number of carbonyl (C=O) groups is 4. The first kappa shape index (κ1) is 64.0. The summed E-state index contributed by atoms with van der Waals surface area (Å²) >= 11 is 0. The summed E-state index contributed by atoms with van der Waals surface area (Å²) in [5.74, 6) is 0. The molecule has 0 radical (unpaired) electrons. The molecule has 90 heavy (non-hydrogen) atoms. The van der Waals surface area contributed by atoms with Crippen molar-refractivity contribution in [2.24, 2.45) is 20.5 Å². The average molecular weight is 1240 g/mol. The number of nitrogens with zero attached hydrogens (tertiary/aromatic N) is 13. The van der Waals surface area contributed by atoms with Crippen LogP contribution in [0.3, 0.4) is 0 Å². The van der Waals surface area contributed by atoms with Crippen molar-refractivity contribution in [3.05, 3.63) is 198 Å². The van der Waals surface area contributed by atoms with E-state index in [1.807, 2.05) is 113 Å². The number of fused-ring (bicyclic) bond motifs is 5. The molecule has 4 fully saturated rings. The molecule has 12 heterocycles. The van der Waals surface area contributed by atoms with E-state index in [1.54, 1.807) is 92.0 Å². The molecule has 10 unspecified atom stereocenters. The molecule has 29 heteroatoms. The molecular weight excluding hydrogens is 1170 g/mol. The highest BCUT2D eigenvalue weighted by Crippen LogP contribution is 2.38. The van der Waals surface area contributed by atoms with Crippen molar-refractivity contribution >= 4 is 35.5 Å². The Hall–Kier alpha value is -8.98. The van der Waals surface area contributed by atoms with E-state index in [0.29, 0.717) is 56.6 Å². The van der Waals surface area contributed by atoms with E-state index >= 15 is 0 Å². The number of hydrogen-bond donors (Lipinski definition) is 0. The highest BCUT2D eigenvalue weighted by Gasteiger charge is 2.46. The number of amides is 8. The molecule has 4 aromatic heterocycles. The Morgan fingerprint density at radius 3 is 1.13 bits per heavy atom. The zero-order chi connectivity index (χ0) is 62.9. The van der Waals surface area contributed by atoms with E-state index in [4.69, 9.17) is 47.4 Å². The third kappa shape index (κ3) is 16.3. The van der Waals surface area contributed by atoms with E-state index in [1.165, 1.54) is 13.9 Å². The Morgan fingerprint density at radius 1 is 0.433 bits per heavy atom. The van der Waals surface area contributed by atoms with Gasteiger partial charge in [-0.15, -0.1) is 0 Å². The van der Waals surface area contributed by atoms with Gasteiger partial charge >= 0.3 is 35.5 Å². The summed E-state index contributed by atoms with van der Waals surface area (Å²) < 4.78 is 64.1. The van der Waals surface area contributed by atoms with Crippen LogP contribution in [0.2, 0.25) is 0 Å². The number of methoxy groups -OCH3 is 1. The van der Waals surface area contributed by atoms with Gasteiger partial charge in [-0.2, -0.15) is 0 Å². The zero-order valence-corrected chi connectivity index (χ0v) is 49.7. The van der Waals surface area contributed by atoms with Gasteiger partial charge in [0.25, 0.3) is 13.0 Å². The van der Waals surface area contributed by atoms with Crippen LogP contribution in [0.1, 0.15) is 33.1 Å². The first-order chi connectivity index (χ1) is 43.8. The SMILES string of the molecule is CC1OCC(Cn2cccc2)O1.CC1OCC(Cn2cccc2)O1.CCOC1OCC(CN2C3C=CC2n2c(=O)n(-c4ccccc4)c(=O)n23)O1.COC1OCC(Cn2cccc2)O1.O=C1N=NC(=O)N1c1ccccc1.O=C1N=NC(=O)N1c1ccccc1.